The van der Waals surface area contributed by atoms with E-state index in [0.29, 0.717) is 0 Å². The zero-order valence-corrected chi connectivity index (χ0v) is 11.5. The Labute approximate surface area is 104 Å². The highest BCUT2D eigenvalue weighted by Crippen LogP contribution is 2.26. The number of rotatable bonds is 5. The van der Waals surface area contributed by atoms with Gasteiger partial charge in [0.1, 0.15) is 5.01 Å². The molecule has 0 bridgehead atoms. The molecule has 0 N–H and O–H groups in total. The summed E-state index contributed by atoms with van der Waals surface area (Å²) >= 11 is 5.32. The Morgan fingerprint density at radius 2 is 2.40 bits per heavy atom. The van der Waals surface area contributed by atoms with E-state index in [0.717, 1.165) is 30.2 Å². The average Bonchev–Trinajstić information content (AvgIpc) is 2.48. The molecule has 1 heterocycles. The molecule has 4 heteroatoms. The van der Waals surface area contributed by atoms with Crippen LogP contribution in [0.15, 0.2) is 5.38 Å². The van der Waals surface area contributed by atoms with Gasteiger partial charge < -0.3 is 0 Å². The van der Waals surface area contributed by atoms with E-state index in [1.165, 1.54) is 24.3 Å². The third kappa shape index (κ3) is 3.02. The maximum absolute atomic E-state index is 4.54. The molecule has 0 radical (unpaired) electrons. The molecular weight excluding hydrogens is 272 g/mol. The van der Waals surface area contributed by atoms with Crippen molar-refractivity contribution in [2.75, 3.05) is 11.9 Å². The molecule has 1 saturated carbocycles. The summed E-state index contributed by atoms with van der Waals surface area (Å²) in [6, 6.07) is 0.812. The number of hydrogen-bond acceptors (Lipinski definition) is 3. The molecule has 0 aliphatic heterocycles. The maximum atomic E-state index is 4.54. The van der Waals surface area contributed by atoms with Crippen LogP contribution in [-0.2, 0) is 6.54 Å². The number of nitrogens with zero attached hydrogens (tertiary/aromatic N) is 2. The van der Waals surface area contributed by atoms with Crippen molar-refractivity contribution in [3.05, 3.63) is 16.1 Å². The van der Waals surface area contributed by atoms with E-state index in [2.05, 4.69) is 38.1 Å². The van der Waals surface area contributed by atoms with Crippen molar-refractivity contribution in [1.29, 1.82) is 0 Å². The zero-order chi connectivity index (χ0) is 10.7. The van der Waals surface area contributed by atoms with Crippen LogP contribution in [0.5, 0.6) is 0 Å². The van der Waals surface area contributed by atoms with Crippen LogP contribution in [0, 0.1) is 6.92 Å². The van der Waals surface area contributed by atoms with Gasteiger partial charge in [0.2, 0.25) is 0 Å². The minimum Gasteiger partial charge on any atom is -0.293 e. The summed E-state index contributed by atoms with van der Waals surface area (Å²) in [6.07, 6.45) is 4.15. The Morgan fingerprint density at radius 3 is 2.87 bits per heavy atom. The number of alkyl halides is 1. The molecule has 2 rings (SSSR count). The summed E-state index contributed by atoms with van der Waals surface area (Å²) in [5.74, 6) is 0. The summed E-state index contributed by atoms with van der Waals surface area (Å²) in [5, 5.41) is 4.47. The number of aromatic nitrogens is 1. The highest BCUT2D eigenvalue weighted by atomic mass is 79.9. The minimum atomic E-state index is 0.812. The van der Waals surface area contributed by atoms with E-state index in [1.807, 2.05) is 0 Å². The van der Waals surface area contributed by atoms with Crippen LogP contribution in [0.2, 0.25) is 0 Å². The summed E-state index contributed by atoms with van der Waals surface area (Å²) in [5.41, 5.74) is 1.16. The van der Waals surface area contributed by atoms with Crippen molar-refractivity contribution in [1.82, 2.24) is 9.88 Å². The summed E-state index contributed by atoms with van der Waals surface area (Å²) < 4.78 is 0. The fourth-order valence-corrected chi connectivity index (χ4v) is 3.15. The lowest BCUT2D eigenvalue weighted by Gasteiger charge is -2.36. The molecule has 0 spiro atoms. The van der Waals surface area contributed by atoms with Crippen molar-refractivity contribution >= 4 is 27.3 Å². The molecule has 0 saturated heterocycles. The Kier molecular flexibility index (Phi) is 4.17. The Balaban J connectivity index is 1.93. The zero-order valence-electron chi connectivity index (χ0n) is 9.08. The summed E-state index contributed by atoms with van der Waals surface area (Å²) in [4.78, 5) is 7.10. The number of aryl methyl sites for hydroxylation is 1. The molecule has 0 atom stereocenters. The molecular formula is C11H17BrN2S. The van der Waals surface area contributed by atoms with Crippen molar-refractivity contribution in [2.45, 2.75) is 38.8 Å². The highest BCUT2D eigenvalue weighted by Gasteiger charge is 2.24. The van der Waals surface area contributed by atoms with Gasteiger partial charge in [-0.05, 0) is 19.8 Å². The van der Waals surface area contributed by atoms with Gasteiger partial charge in [0.15, 0.2) is 0 Å². The van der Waals surface area contributed by atoms with Crippen molar-refractivity contribution in [2.24, 2.45) is 0 Å². The first-order valence-electron chi connectivity index (χ1n) is 5.50. The van der Waals surface area contributed by atoms with E-state index in [9.17, 15) is 0 Å². The molecule has 1 aromatic heterocycles. The van der Waals surface area contributed by atoms with Crippen LogP contribution in [0.3, 0.4) is 0 Å². The third-order valence-electron chi connectivity index (χ3n) is 2.97. The molecule has 0 unspecified atom stereocenters. The molecule has 2 nitrogen and oxygen atoms in total. The maximum Gasteiger partial charge on any atom is 0.107 e. The van der Waals surface area contributed by atoms with Gasteiger partial charge in [-0.1, -0.05) is 22.4 Å². The first-order chi connectivity index (χ1) is 7.29. The largest absolute Gasteiger partial charge is 0.293 e. The van der Waals surface area contributed by atoms with E-state index in [4.69, 9.17) is 0 Å². The van der Waals surface area contributed by atoms with Crippen LogP contribution in [-0.4, -0.2) is 27.8 Å². The highest BCUT2D eigenvalue weighted by molar-refractivity contribution is 9.09. The molecule has 1 aliphatic carbocycles. The van der Waals surface area contributed by atoms with Gasteiger partial charge >= 0.3 is 0 Å². The lowest BCUT2D eigenvalue weighted by Crippen LogP contribution is -2.40. The van der Waals surface area contributed by atoms with Gasteiger partial charge in [-0.2, -0.15) is 0 Å². The molecule has 1 aliphatic rings. The second kappa shape index (κ2) is 5.41. The van der Waals surface area contributed by atoms with Gasteiger partial charge in [0.05, 0.1) is 6.54 Å². The normalized spacial score (nSPS) is 17.0. The Bertz CT molecular complexity index is 309. The van der Waals surface area contributed by atoms with E-state index in [-0.39, 0.29) is 0 Å². The van der Waals surface area contributed by atoms with Crippen molar-refractivity contribution < 1.29 is 0 Å². The molecule has 15 heavy (non-hydrogen) atoms. The second-order valence-corrected chi connectivity index (χ2v) is 5.86. The quantitative estimate of drug-likeness (QED) is 0.774. The lowest BCUT2D eigenvalue weighted by molar-refractivity contribution is 0.128. The smallest absolute Gasteiger partial charge is 0.107 e. The molecule has 1 fully saturated rings. The minimum absolute atomic E-state index is 0.812. The van der Waals surface area contributed by atoms with Crippen LogP contribution in [0.25, 0.3) is 0 Å². The summed E-state index contributed by atoms with van der Waals surface area (Å²) in [7, 11) is 0. The average molecular weight is 289 g/mol. The van der Waals surface area contributed by atoms with Crippen LogP contribution < -0.4 is 0 Å². The first-order valence-corrected chi connectivity index (χ1v) is 7.50. The van der Waals surface area contributed by atoms with Crippen molar-refractivity contribution in [3.8, 4) is 0 Å². The molecule has 84 valence electrons. The fraction of sp³-hybridized carbons (Fsp3) is 0.727. The fourth-order valence-electron chi connectivity index (χ4n) is 1.90. The standard InChI is InChI=1S/C11H17BrN2S/c1-9-8-15-11(13-9)7-14(6-5-12)10-3-2-4-10/h8,10H,2-7H2,1H3. The topological polar surface area (TPSA) is 16.1 Å². The Hall–Kier alpha value is 0.0700. The lowest BCUT2D eigenvalue weighted by atomic mass is 9.91. The van der Waals surface area contributed by atoms with Gasteiger partial charge in [0.25, 0.3) is 0 Å². The van der Waals surface area contributed by atoms with Gasteiger partial charge in [-0.15, -0.1) is 11.3 Å². The van der Waals surface area contributed by atoms with E-state index >= 15 is 0 Å². The van der Waals surface area contributed by atoms with Gasteiger partial charge in [0, 0.05) is 29.0 Å². The third-order valence-corrected chi connectivity index (χ3v) is 4.27. The van der Waals surface area contributed by atoms with Crippen LogP contribution in [0.1, 0.15) is 30.0 Å². The van der Waals surface area contributed by atoms with E-state index in [1.54, 1.807) is 11.3 Å². The second-order valence-electron chi connectivity index (χ2n) is 4.13. The first kappa shape index (κ1) is 11.6. The Morgan fingerprint density at radius 1 is 1.60 bits per heavy atom. The number of hydrogen-bond donors (Lipinski definition) is 0. The number of halogens is 1. The molecule has 0 aromatic carbocycles. The van der Waals surface area contributed by atoms with E-state index < -0.39 is 0 Å². The number of thiazole rings is 1. The predicted octanol–water partition coefficient (Wildman–Crippen LogP) is 3.20. The summed E-state index contributed by atoms with van der Waals surface area (Å²) in [6.45, 7) is 4.25. The van der Waals surface area contributed by atoms with Gasteiger partial charge in [-0.3, -0.25) is 4.90 Å². The monoisotopic (exact) mass is 288 g/mol. The SMILES string of the molecule is Cc1csc(CN(CCBr)C2CCC2)n1. The van der Waals surface area contributed by atoms with Crippen molar-refractivity contribution in [3.63, 3.8) is 0 Å². The van der Waals surface area contributed by atoms with Crippen LogP contribution >= 0.6 is 27.3 Å². The van der Waals surface area contributed by atoms with Gasteiger partial charge in [-0.25, -0.2) is 4.98 Å². The molecule has 0 amide bonds. The van der Waals surface area contributed by atoms with Crippen LogP contribution in [0.4, 0.5) is 0 Å². The predicted molar refractivity (Wildman–Crippen MR) is 68.7 cm³/mol. The molecule has 1 aromatic rings.